The van der Waals surface area contributed by atoms with Crippen molar-refractivity contribution >= 4 is 11.9 Å². The molecule has 0 aromatic rings. The van der Waals surface area contributed by atoms with E-state index in [4.69, 9.17) is 35.7 Å². The van der Waals surface area contributed by atoms with Crippen molar-refractivity contribution in [1.82, 2.24) is 0 Å². The Morgan fingerprint density at radius 2 is 1.37 bits per heavy atom. The van der Waals surface area contributed by atoms with E-state index in [-0.39, 0.29) is 23.6 Å². The normalized spacial score (nSPS) is 15.9. The number of carbonyl (C=O) groups is 2. The van der Waals surface area contributed by atoms with E-state index in [1.165, 1.54) is 0 Å². The van der Waals surface area contributed by atoms with Crippen LogP contribution in [0.25, 0.3) is 0 Å². The third kappa shape index (κ3) is 10.8. The molecular weight excluding hydrogens is 318 g/mol. The van der Waals surface area contributed by atoms with E-state index in [1.54, 1.807) is 0 Å². The number of aliphatic carboxylic acids is 2. The average molecular weight is 335 g/mol. The summed E-state index contributed by atoms with van der Waals surface area (Å²) in [5.41, 5.74) is 4.57. The van der Waals surface area contributed by atoms with Crippen LogP contribution in [0.5, 0.6) is 0 Å². The molecule has 0 spiro atoms. The molecule has 11 heteroatoms. The van der Waals surface area contributed by atoms with Gasteiger partial charge >= 0.3 is 11.9 Å². The first kappa shape index (κ1) is 23.3. The molecule has 0 amide bonds. The number of carboxylic acids is 2. The molecule has 0 aromatic heterocycles. The Morgan fingerprint density at radius 1 is 1.00 bits per heavy atom. The third-order valence-electron chi connectivity index (χ3n) is 1.68. The fourth-order valence-electron chi connectivity index (χ4n) is 0.668. The number of carboxylic acid groups (broad SMARTS) is 2. The van der Waals surface area contributed by atoms with Gasteiger partial charge in [-0.25, -0.2) is 4.79 Å². The number of aliphatic hydroxyl groups excluding tert-OH is 5. The van der Waals surface area contributed by atoms with Gasteiger partial charge in [0.1, 0.15) is 18.3 Å². The summed E-state index contributed by atoms with van der Waals surface area (Å²) in [6, 6.07) is 0. The molecule has 119 valence electrons. The molecule has 10 nitrogen and oxygen atoms in total. The number of rotatable bonds is 6. The van der Waals surface area contributed by atoms with Gasteiger partial charge in [0.2, 0.25) is 0 Å². The summed E-state index contributed by atoms with van der Waals surface area (Å²) >= 11 is 0. The molecule has 4 atom stereocenters. The Balaban J connectivity index is -0.000000366. The molecule has 0 aliphatic carbocycles. The van der Waals surface area contributed by atoms with Gasteiger partial charge in [-0.1, -0.05) is 0 Å². The van der Waals surface area contributed by atoms with Gasteiger partial charge in [-0.2, -0.15) is 0 Å². The summed E-state index contributed by atoms with van der Waals surface area (Å²) in [6.45, 7) is -1.12. The second kappa shape index (κ2) is 12.3. The SMILES string of the molecule is NCC(=O)O.O=C(O)[C@H](O)[C@@H](O)[C@H](O)[C@H](O)CO.[Cu]. The van der Waals surface area contributed by atoms with E-state index in [2.05, 4.69) is 5.73 Å². The van der Waals surface area contributed by atoms with Crippen LogP contribution in [0.4, 0.5) is 0 Å². The van der Waals surface area contributed by atoms with E-state index in [9.17, 15) is 9.59 Å². The predicted octanol–water partition coefficient (Wildman–Crippen LogP) is -4.47. The fraction of sp³-hybridized carbons (Fsp3) is 0.750. The first-order chi connectivity index (χ1) is 8.18. The smallest absolute Gasteiger partial charge is 0.335 e. The molecule has 0 fully saturated rings. The molecule has 0 heterocycles. The van der Waals surface area contributed by atoms with Crippen LogP contribution in [-0.2, 0) is 26.7 Å². The van der Waals surface area contributed by atoms with Crippen molar-refractivity contribution in [3.8, 4) is 0 Å². The van der Waals surface area contributed by atoms with Gasteiger partial charge in [-0.3, -0.25) is 4.79 Å². The Hall–Kier alpha value is -0.781. The zero-order valence-corrected chi connectivity index (χ0v) is 10.5. The Morgan fingerprint density at radius 3 is 1.58 bits per heavy atom. The van der Waals surface area contributed by atoms with Crippen LogP contribution in [0.15, 0.2) is 0 Å². The summed E-state index contributed by atoms with van der Waals surface area (Å²) in [7, 11) is 0. The zero-order valence-electron chi connectivity index (χ0n) is 9.55. The van der Waals surface area contributed by atoms with E-state index in [0.717, 1.165) is 0 Å². The molecule has 19 heavy (non-hydrogen) atoms. The van der Waals surface area contributed by atoms with Gasteiger partial charge in [0, 0.05) is 17.1 Å². The van der Waals surface area contributed by atoms with Crippen molar-refractivity contribution in [2.45, 2.75) is 24.4 Å². The van der Waals surface area contributed by atoms with Gasteiger partial charge in [0.05, 0.1) is 13.2 Å². The van der Waals surface area contributed by atoms with Crippen molar-refractivity contribution in [1.29, 1.82) is 0 Å². The van der Waals surface area contributed by atoms with Crippen molar-refractivity contribution in [3.63, 3.8) is 0 Å². The number of hydrogen-bond acceptors (Lipinski definition) is 8. The molecule has 0 aromatic carbocycles. The first-order valence-electron chi connectivity index (χ1n) is 4.66. The number of hydrogen-bond donors (Lipinski definition) is 8. The standard InChI is InChI=1S/C6H12O7.C2H5NO2.Cu/c7-1-2(8)3(9)4(10)5(11)6(12)13;3-1-2(4)5;/h2-5,7-11H,1H2,(H,12,13);1,3H2,(H,4,5);/t2-,3-,4+,5-;;/m1../s1. The Labute approximate surface area is 118 Å². The van der Waals surface area contributed by atoms with E-state index in [1.807, 2.05) is 0 Å². The summed E-state index contributed by atoms with van der Waals surface area (Å²) in [5, 5.41) is 59.4. The van der Waals surface area contributed by atoms with Crippen molar-refractivity contribution in [2.24, 2.45) is 5.73 Å². The molecule has 9 N–H and O–H groups in total. The monoisotopic (exact) mass is 334 g/mol. The largest absolute Gasteiger partial charge is 0.480 e. The first-order valence-corrected chi connectivity index (χ1v) is 4.66. The van der Waals surface area contributed by atoms with E-state index in [0.29, 0.717) is 0 Å². The summed E-state index contributed by atoms with van der Waals surface area (Å²) in [4.78, 5) is 19.3. The molecule has 0 aliphatic heterocycles. The minimum atomic E-state index is -2.20. The maximum atomic E-state index is 10.1. The van der Waals surface area contributed by atoms with Gasteiger partial charge in [-0.05, 0) is 0 Å². The van der Waals surface area contributed by atoms with E-state index < -0.39 is 43.0 Å². The summed E-state index contributed by atoms with van der Waals surface area (Å²) in [5.74, 6) is -2.69. The van der Waals surface area contributed by atoms with Crippen molar-refractivity contribution in [3.05, 3.63) is 0 Å². The fourth-order valence-corrected chi connectivity index (χ4v) is 0.668. The van der Waals surface area contributed by atoms with Gasteiger partial charge in [-0.15, -0.1) is 0 Å². The zero-order chi connectivity index (χ0) is 14.9. The van der Waals surface area contributed by atoms with Crippen molar-refractivity contribution in [2.75, 3.05) is 13.2 Å². The average Bonchev–Trinajstić information content (AvgIpc) is 2.35. The Kier molecular flexibility index (Phi) is 15.1. The maximum absolute atomic E-state index is 10.1. The minimum Gasteiger partial charge on any atom is -0.480 e. The maximum Gasteiger partial charge on any atom is 0.335 e. The number of aliphatic hydroxyl groups is 5. The molecule has 0 bridgehead atoms. The topological polar surface area (TPSA) is 202 Å². The third-order valence-corrected chi connectivity index (χ3v) is 1.68. The molecule has 0 aliphatic rings. The molecule has 0 saturated carbocycles. The second-order valence-electron chi connectivity index (χ2n) is 3.11. The molecule has 0 rings (SSSR count). The van der Waals surface area contributed by atoms with Crippen LogP contribution in [-0.4, -0.2) is 85.3 Å². The van der Waals surface area contributed by atoms with Gasteiger partial charge < -0.3 is 41.5 Å². The summed E-state index contributed by atoms with van der Waals surface area (Å²) in [6.07, 6.45) is -7.84. The molecule has 0 saturated heterocycles. The van der Waals surface area contributed by atoms with Crippen LogP contribution >= 0.6 is 0 Å². The van der Waals surface area contributed by atoms with Crippen LogP contribution in [0.2, 0.25) is 0 Å². The summed E-state index contributed by atoms with van der Waals surface area (Å²) < 4.78 is 0. The van der Waals surface area contributed by atoms with Crippen LogP contribution in [0.3, 0.4) is 0 Å². The quantitative estimate of drug-likeness (QED) is 0.219. The Bertz CT molecular complexity index is 265. The predicted molar refractivity (Wildman–Crippen MR) is 55.4 cm³/mol. The second-order valence-corrected chi connectivity index (χ2v) is 3.11. The van der Waals surface area contributed by atoms with Crippen molar-refractivity contribution < 1.29 is 62.4 Å². The van der Waals surface area contributed by atoms with Gasteiger partial charge in [0.15, 0.2) is 6.10 Å². The minimum absolute atomic E-state index is 0. The molecule has 0 unspecified atom stereocenters. The van der Waals surface area contributed by atoms with E-state index >= 15 is 0 Å². The van der Waals surface area contributed by atoms with Crippen LogP contribution < -0.4 is 5.73 Å². The molecule has 1 radical (unpaired) electrons. The van der Waals surface area contributed by atoms with Crippen LogP contribution in [0, 0.1) is 0 Å². The number of nitrogens with two attached hydrogens (primary N) is 1. The molecular formula is C8H17CuNO9. The van der Waals surface area contributed by atoms with Gasteiger partial charge in [0.25, 0.3) is 0 Å². The van der Waals surface area contributed by atoms with Crippen LogP contribution in [0.1, 0.15) is 0 Å².